The van der Waals surface area contributed by atoms with Gasteiger partial charge in [-0.15, -0.1) is 0 Å². The van der Waals surface area contributed by atoms with E-state index >= 15 is 0 Å². The van der Waals surface area contributed by atoms with Crippen LogP contribution in [0, 0.1) is 6.92 Å². The fourth-order valence-electron chi connectivity index (χ4n) is 3.79. The Morgan fingerprint density at radius 2 is 2.00 bits per heavy atom. The Morgan fingerprint density at radius 1 is 1.15 bits per heavy atom. The van der Waals surface area contributed by atoms with Crippen LogP contribution in [0.4, 0.5) is 0 Å². The third kappa shape index (κ3) is 3.65. The molecule has 1 aliphatic rings. The summed E-state index contributed by atoms with van der Waals surface area (Å²) in [4.78, 5) is 14.9. The maximum absolute atomic E-state index is 12.9. The number of rotatable bonds is 4. The van der Waals surface area contributed by atoms with E-state index in [2.05, 4.69) is 65.3 Å². The monoisotopic (exact) mass is 347 g/mol. The molecule has 26 heavy (non-hydrogen) atoms. The number of hydrogen-bond acceptors (Lipinski definition) is 2. The topological polar surface area (TPSA) is 37.3 Å². The Balaban J connectivity index is 1.42. The predicted molar refractivity (Wildman–Crippen MR) is 105 cm³/mol. The summed E-state index contributed by atoms with van der Waals surface area (Å²) in [6.07, 6.45) is 2.97. The van der Waals surface area contributed by atoms with Crippen LogP contribution in [-0.2, 0) is 17.8 Å². The molecule has 1 N–H and O–H groups in total. The van der Waals surface area contributed by atoms with Gasteiger partial charge >= 0.3 is 0 Å². The Labute approximate surface area is 154 Å². The standard InChI is InChI=1S/C22H25N3O/c1-17-7-8-21-19(13-17)9-11-24(21)16-22(26)25-12-10-23-20(15-25)14-18-5-3-2-4-6-18/h2-9,11,13,20,23H,10,12,14-16H2,1H3. The summed E-state index contributed by atoms with van der Waals surface area (Å²) < 4.78 is 2.06. The minimum Gasteiger partial charge on any atom is -0.338 e. The molecule has 0 bridgehead atoms. The van der Waals surface area contributed by atoms with Gasteiger partial charge in [-0.2, -0.15) is 0 Å². The summed E-state index contributed by atoms with van der Waals surface area (Å²) in [6, 6.07) is 19.3. The lowest BCUT2D eigenvalue weighted by Crippen LogP contribution is -2.54. The number of benzene rings is 2. The largest absolute Gasteiger partial charge is 0.338 e. The molecule has 1 aromatic heterocycles. The number of fused-ring (bicyclic) bond motifs is 1. The van der Waals surface area contributed by atoms with Gasteiger partial charge in [-0.3, -0.25) is 4.79 Å². The summed E-state index contributed by atoms with van der Waals surface area (Å²) >= 11 is 0. The molecule has 0 aliphatic carbocycles. The van der Waals surface area contributed by atoms with E-state index in [0.29, 0.717) is 12.6 Å². The van der Waals surface area contributed by atoms with Gasteiger partial charge < -0.3 is 14.8 Å². The number of nitrogens with one attached hydrogen (secondary N) is 1. The van der Waals surface area contributed by atoms with Crippen LogP contribution in [0.1, 0.15) is 11.1 Å². The van der Waals surface area contributed by atoms with Crippen molar-refractivity contribution >= 4 is 16.8 Å². The van der Waals surface area contributed by atoms with E-state index in [9.17, 15) is 4.79 Å². The van der Waals surface area contributed by atoms with Gasteiger partial charge in [-0.25, -0.2) is 0 Å². The molecule has 0 saturated carbocycles. The van der Waals surface area contributed by atoms with Gasteiger partial charge in [0.15, 0.2) is 0 Å². The highest BCUT2D eigenvalue weighted by atomic mass is 16.2. The van der Waals surface area contributed by atoms with Crippen molar-refractivity contribution in [2.24, 2.45) is 0 Å². The van der Waals surface area contributed by atoms with Crippen molar-refractivity contribution < 1.29 is 4.79 Å². The molecule has 0 radical (unpaired) electrons. The maximum Gasteiger partial charge on any atom is 0.242 e. The average molecular weight is 347 g/mol. The van der Waals surface area contributed by atoms with Crippen molar-refractivity contribution in [3.63, 3.8) is 0 Å². The predicted octanol–water partition coefficient (Wildman–Crippen LogP) is 2.99. The molecular formula is C22H25N3O. The van der Waals surface area contributed by atoms with Gasteiger partial charge in [0.05, 0.1) is 0 Å². The first-order chi connectivity index (χ1) is 12.7. The third-order valence-corrected chi connectivity index (χ3v) is 5.17. The second-order valence-electron chi connectivity index (χ2n) is 7.19. The van der Waals surface area contributed by atoms with E-state index < -0.39 is 0 Å². The summed E-state index contributed by atoms with van der Waals surface area (Å²) in [7, 11) is 0. The lowest BCUT2D eigenvalue weighted by molar-refractivity contribution is -0.132. The van der Waals surface area contributed by atoms with Gasteiger partial charge in [-0.1, -0.05) is 42.0 Å². The zero-order valence-corrected chi connectivity index (χ0v) is 15.2. The van der Waals surface area contributed by atoms with Crippen molar-refractivity contribution in [3.05, 3.63) is 71.9 Å². The number of nitrogens with zero attached hydrogens (tertiary/aromatic N) is 2. The Morgan fingerprint density at radius 3 is 2.85 bits per heavy atom. The molecule has 4 rings (SSSR count). The van der Waals surface area contributed by atoms with E-state index in [-0.39, 0.29) is 5.91 Å². The summed E-state index contributed by atoms with van der Waals surface area (Å²) in [5.74, 6) is 0.197. The molecule has 4 nitrogen and oxygen atoms in total. The fourth-order valence-corrected chi connectivity index (χ4v) is 3.79. The first-order valence-corrected chi connectivity index (χ1v) is 9.29. The second kappa shape index (κ2) is 7.34. The van der Waals surface area contributed by atoms with Crippen LogP contribution in [0.2, 0.25) is 0 Å². The molecule has 2 aromatic carbocycles. The zero-order chi connectivity index (χ0) is 17.9. The normalized spacial score (nSPS) is 17.6. The van der Waals surface area contributed by atoms with Crippen molar-refractivity contribution in [2.75, 3.05) is 19.6 Å². The van der Waals surface area contributed by atoms with Crippen LogP contribution in [0.5, 0.6) is 0 Å². The summed E-state index contributed by atoms with van der Waals surface area (Å²) in [6.45, 7) is 4.91. The molecule has 0 spiro atoms. The van der Waals surface area contributed by atoms with Crippen LogP contribution < -0.4 is 5.32 Å². The lowest BCUT2D eigenvalue weighted by Gasteiger charge is -2.34. The fraction of sp³-hybridized carbons (Fsp3) is 0.318. The van der Waals surface area contributed by atoms with Crippen molar-refractivity contribution in [3.8, 4) is 0 Å². The molecule has 1 unspecified atom stereocenters. The van der Waals surface area contributed by atoms with Crippen LogP contribution in [0.15, 0.2) is 60.8 Å². The zero-order valence-electron chi connectivity index (χ0n) is 15.2. The Kier molecular flexibility index (Phi) is 4.76. The number of carbonyl (C=O) groups is 1. The number of piperazine rings is 1. The number of hydrogen-bond donors (Lipinski definition) is 1. The van der Waals surface area contributed by atoms with Gasteiger partial charge in [0.25, 0.3) is 0 Å². The highest BCUT2D eigenvalue weighted by Crippen LogP contribution is 2.18. The minimum absolute atomic E-state index is 0.197. The first-order valence-electron chi connectivity index (χ1n) is 9.29. The maximum atomic E-state index is 12.9. The van der Waals surface area contributed by atoms with E-state index in [1.165, 1.54) is 16.5 Å². The van der Waals surface area contributed by atoms with Crippen LogP contribution in [0.3, 0.4) is 0 Å². The van der Waals surface area contributed by atoms with Gasteiger partial charge in [0.1, 0.15) is 6.54 Å². The summed E-state index contributed by atoms with van der Waals surface area (Å²) in [5, 5.41) is 4.74. The van der Waals surface area contributed by atoms with E-state index in [1.54, 1.807) is 0 Å². The minimum atomic E-state index is 0.197. The highest BCUT2D eigenvalue weighted by Gasteiger charge is 2.23. The van der Waals surface area contributed by atoms with Gasteiger partial charge in [0.2, 0.25) is 5.91 Å². The summed E-state index contributed by atoms with van der Waals surface area (Å²) in [5.41, 5.74) is 3.68. The van der Waals surface area contributed by atoms with Crippen LogP contribution in [0.25, 0.3) is 10.9 Å². The molecule has 1 aliphatic heterocycles. The smallest absolute Gasteiger partial charge is 0.242 e. The molecule has 4 heteroatoms. The number of carbonyl (C=O) groups excluding carboxylic acids is 1. The van der Waals surface area contributed by atoms with Gasteiger partial charge in [-0.05, 0) is 42.5 Å². The quantitative estimate of drug-likeness (QED) is 0.788. The van der Waals surface area contributed by atoms with Crippen molar-refractivity contribution in [1.82, 2.24) is 14.8 Å². The lowest BCUT2D eigenvalue weighted by atomic mass is 10.0. The number of amides is 1. The van der Waals surface area contributed by atoms with Crippen LogP contribution in [-0.4, -0.2) is 41.1 Å². The third-order valence-electron chi connectivity index (χ3n) is 5.17. The number of aromatic nitrogens is 1. The molecule has 1 amide bonds. The Bertz CT molecular complexity index is 900. The van der Waals surface area contributed by atoms with E-state index in [0.717, 1.165) is 31.6 Å². The molecule has 1 saturated heterocycles. The molecule has 2 heterocycles. The van der Waals surface area contributed by atoms with Crippen molar-refractivity contribution in [1.29, 1.82) is 0 Å². The van der Waals surface area contributed by atoms with Gasteiger partial charge in [0, 0.05) is 37.4 Å². The first kappa shape index (κ1) is 16.9. The molecule has 134 valence electrons. The molecule has 1 atom stereocenters. The SMILES string of the molecule is Cc1ccc2c(ccn2CC(=O)N2CCNC(Cc3ccccc3)C2)c1. The number of aryl methyl sites for hydroxylation is 1. The molecule has 3 aromatic rings. The molecule has 1 fully saturated rings. The molecular weight excluding hydrogens is 322 g/mol. The van der Waals surface area contributed by atoms with Crippen LogP contribution >= 0.6 is 0 Å². The van der Waals surface area contributed by atoms with E-state index in [1.807, 2.05) is 17.2 Å². The van der Waals surface area contributed by atoms with Crippen molar-refractivity contribution in [2.45, 2.75) is 25.9 Å². The van der Waals surface area contributed by atoms with E-state index in [4.69, 9.17) is 0 Å². The second-order valence-corrected chi connectivity index (χ2v) is 7.19. The highest BCUT2D eigenvalue weighted by molar-refractivity contribution is 5.84. The Hall–Kier alpha value is -2.59. The average Bonchev–Trinajstić information content (AvgIpc) is 3.04.